The van der Waals surface area contributed by atoms with Gasteiger partial charge in [0.2, 0.25) is 0 Å². The second kappa shape index (κ2) is 6.60. The predicted molar refractivity (Wildman–Crippen MR) is 78.4 cm³/mol. The van der Waals surface area contributed by atoms with Crippen molar-refractivity contribution in [3.05, 3.63) is 22.4 Å². The Bertz CT molecular complexity index is 594. The quantitative estimate of drug-likeness (QED) is 0.788. The average molecular weight is 332 g/mol. The Balaban J connectivity index is 2.54. The van der Waals surface area contributed by atoms with E-state index >= 15 is 0 Å². The first-order valence-corrected chi connectivity index (χ1v) is 7.69. The molecule has 0 spiro atoms. The van der Waals surface area contributed by atoms with Crippen LogP contribution in [-0.4, -0.2) is 30.2 Å². The second-order valence-electron chi connectivity index (χ2n) is 4.65. The van der Waals surface area contributed by atoms with Crippen LogP contribution in [0.1, 0.15) is 31.1 Å². The van der Waals surface area contributed by atoms with Crippen LogP contribution >= 0.6 is 11.3 Å². The van der Waals surface area contributed by atoms with Gasteiger partial charge in [-0.3, -0.25) is 4.79 Å². The number of nitrogens with zero attached hydrogens (tertiary/aromatic N) is 2. The Hall–Kier alpha value is -1.70. The Labute approximate surface area is 129 Å². The van der Waals surface area contributed by atoms with E-state index in [1.807, 2.05) is 0 Å². The monoisotopic (exact) mass is 332 g/mol. The molecule has 2 rings (SSSR count). The molecule has 22 heavy (non-hydrogen) atoms. The first-order chi connectivity index (χ1) is 10.4. The smallest absolute Gasteiger partial charge is 0.432 e. The largest absolute Gasteiger partial charge is 0.465 e. The molecule has 1 aliphatic heterocycles. The van der Waals surface area contributed by atoms with Crippen LogP contribution in [0.3, 0.4) is 0 Å². The fraction of sp³-hybridized carbons (Fsp3) is 0.500. The molecule has 2 unspecified atom stereocenters. The predicted octanol–water partition coefficient (Wildman–Crippen LogP) is 3.79. The summed E-state index contributed by atoms with van der Waals surface area (Å²) in [6.45, 7) is 3.34. The summed E-state index contributed by atoms with van der Waals surface area (Å²) in [5.74, 6) is -3.21. The molecule has 1 aliphatic rings. The number of hydrogen-bond acceptors (Lipinski definition) is 5. The zero-order valence-corrected chi connectivity index (χ0v) is 12.9. The number of hydrogen-bond donors (Lipinski definition) is 0. The molecule has 0 fully saturated rings. The molecule has 8 heteroatoms. The van der Waals surface area contributed by atoms with Crippen LogP contribution in [-0.2, 0) is 9.53 Å². The number of thiophene rings is 1. The summed E-state index contributed by atoms with van der Waals surface area (Å²) in [5, 5.41) is 8.74. The minimum atomic E-state index is -4.73. The van der Waals surface area contributed by atoms with Gasteiger partial charge in [-0.05, 0) is 24.8 Å². The number of esters is 1. The highest BCUT2D eigenvalue weighted by Crippen LogP contribution is 2.39. The van der Waals surface area contributed by atoms with Crippen molar-refractivity contribution < 1.29 is 22.7 Å². The van der Waals surface area contributed by atoms with Gasteiger partial charge < -0.3 is 4.74 Å². The molecule has 1 aromatic heterocycles. The van der Waals surface area contributed by atoms with Crippen molar-refractivity contribution in [3.63, 3.8) is 0 Å². The molecule has 1 aromatic rings. The van der Waals surface area contributed by atoms with Gasteiger partial charge in [-0.1, -0.05) is 13.0 Å². The van der Waals surface area contributed by atoms with Crippen molar-refractivity contribution in [3.8, 4) is 0 Å². The molecule has 0 radical (unpaired) electrons. The highest BCUT2D eigenvalue weighted by atomic mass is 32.1. The van der Waals surface area contributed by atoms with Gasteiger partial charge in [0.05, 0.1) is 12.5 Å². The molecule has 0 aromatic carbocycles. The lowest BCUT2D eigenvalue weighted by atomic mass is 9.81. The number of ether oxygens (including phenoxy) is 1. The summed E-state index contributed by atoms with van der Waals surface area (Å²) in [6, 6.07) is 3.43. The van der Waals surface area contributed by atoms with Crippen molar-refractivity contribution in [2.45, 2.75) is 32.4 Å². The average Bonchev–Trinajstić information content (AvgIpc) is 2.98. The molecule has 0 saturated carbocycles. The van der Waals surface area contributed by atoms with Crippen molar-refractivity contribution in [1.82, 2.24) is 0 Å². The maximum atomic E-state index is 13.2. The van der Waals surface area contributed by atoms with Gasteiger partial charge in [0.1, 0.15) is 5.92 Å². The van der Waals surface area contributed by atoms with E-state index in [2.05, 4.69) is 10.2 Å². The Morgan fingerprint density at radius 3 is 2.59 bits per heavy atom. The maximum Gasteiger partial charge on any atom is 0.432 e. The second-order valence-corrected chi connectivity index (χ2v) is 5.63. The van der Waals surface area contributed by atoms with Crippen LogP contribution < -0.4 is 0 Å². The maximum absolute atomic E-state index is 13.2. The summed E-state index contributed by atoms with van der Waals surface area (Å²) < 4.78 is 44.6. The van der Waals surface area contributed by atoms with Crippen molar-refractivity contribution in [1.29, 1.82) is 0 Å². The molecule has 2 heterocycles. The number of alkyl halides is 3. The van der Waals surface area contributed by atoms with Gasteiger partial charge in [0.25, 0.3) is 0 Å². The summed E-state index contributed by atoms with van der Waals surface area (Å²) >= 11 is 1.29. The molecule has 2 atom stereocenters. The third kappa shape index (κ3) is 3.21. The van der Waals surface area contributed by atoms with E-state index in [-0.39, 0.29) is 6.61 Å². The number of carbonyl (C=O) groups excluding carboxylic acids is 1. The van der Waals surface area contributed by atoms with E-state index < -0.39 is 29.7 Å². The zero-order valence-electron chi connectivity index (χ0n) is 12.1. The minimum Gasteiger partial charge on any atom is -0.465 e. The highest BCUT2D eigenvalue weighted by molar-refractivity contribution is 7.10. The first-order valence-electron chi connectivity index (χ1n) is 6.81. The van der Waals surface area contributed by atoms with E-state index in [0.29, 0.717) is 17.0 Å². The summed E-state index contributed by atoms with van der Waals surface area (Å²) in [4.78, 5) is 12.8. The third-order valence-corrected chi connectivity index (χ3v) is 4.27. The molecule has 0 amide bonds. The minimum absolute atomic E-state index is 0.0102. The fourth-order valence-electron chi connectivity index (χ4n) is 2.39. The SMILES string of the molecule is CCOC(=O)C1C(C(F)(F)F)=NN=C(CC)C1c1cccs1. The van der Waals surface area contributed by atoms with E-state index in [4.69, 9.17) is 4.74 Å². The van der Waals surface area contributed by atoms with Gasteiger partial charge in [0, 0.05) is 10.6 Å². The topological polar surface area (TPSA) is 51.0 Å². The zero-order chi connectivity index (χ0) is 16.3. The van der Waals surface area contributed by atoms with E-state index in [9.17, 15) is 18.0 Å². The summed E-state index contributed by atoms with van der Waals surface area (Å²) in [6.07, 6.45) is -4.32. The number of carbonyl (C=O) groups is 1. The Kier molecular flexibility index (Phi) is 5.00. The van der Waals surface area contributed by atoms with E-state index in [1.165, 1.54) is 11.3 Å². The van der Waals surface area contributed by atoms with Crippen molar-refractivity contribution in [2.24, 2.45) is 16.1 Å². The van der Waals surface area contributed by atoms with Gasteiger partial charge in [0.15, 0.2) is 5.71 Å². The lowest BCUT2D eigenvalue weighted by Gasteiger charge is -2.29. The lowest BCUT2D eigenvalue weighted by molar-refractivity contribution is -0.147. The fourth-order valence-corrected chi connectivity index (χ4v) is 3.28. The van der Waals surface area contributed by atoms with E-state index in [1.54, 1.807) is 31.4 Å². The van der Waals surface area contributed by atoms with Gasteiger partial charge in [-0.25, -0.2) is 0 Å². The molecule has 0 saturated heterocycles. The summed E-state index contributed by atoms with van der Waals surface area (Å²) in [5.41, 5.74) is -0.741. The molecular weight excluding hydrogens is 317 g/mol. The molecule has 120 valence electrons. The van der Waals surface area contributed by atoms with Gasteiger partial charge >= 0.3 is 12.1 Å². The molecule has 0 aliphatic carbocycles. The molecule has 4 nitrogen and oxygen atoms in total. The number of rotatable bonds is 4. The van der Waals surface area contributed by atoms with Crippen LogP contribution in [0.2, 0.25) is 0 Å². The van der Waals surface area contributed by atoms with Crippen LogP contribution in [0.25, 0.3) is 0 Å². The first kappa shape index (κ1) is 16.7. The van der Waals surface area contributed by atoms with Gasteiger partial charge in [-0.15, -0.1) is 16.4 Å². The normalized spacial score (nSPS) is 22.0. The van der Waals surface area contributed by atoms with Crippen LogP contribution in [0.5, 0.6) is 0 Å². The Morgan fingerprint density at radius 1 is 1.36 bits per heavy atom. The standard InChI is InChI=1S/C14H15F3N2O2S/c1-3-8-10(9-6-5-7-22-9)11(13(20)21-4-2)12(19-18-8)14(15,16)17/h5-7,10-11H,3-4H2,1-2H3. The van der Waals surface area contributed by atoms with Crippen LogP contribution in [0, 0.1) is 5.92 Å². The van der Waals surface area contributed by atoms with Crippen LogP contribution in [0.15, 0.2) is 27.7 Å². The molecule has 0 N–H and O–H groups in total. The number of halogens is 3. The lowest BCUT2D eigenvalue weighted by Crippen LogP contribution is -2.44. The molecule has 0 bridgehead atoms. The van der Waals surface area contributed by atoms with Crippen molar-refractivity contribution >= 4 is 28.7 Å². The molecular formula is C14H15F3N2O2S. The summed E-state index contributed by atoms with van der Waals surface area (Å²) in [7, 11) is 0. The van der Waals surface area contributed by atoms with Gasteiger partial charge in [-0.2, -0.15) is 18.3 Å². The third-order valence-electron chi connectivity index (χ3n) is 3.32. The van der Waals surface area contributed by atoms with Crippen LogP contribution in [0.4, 0.5) is 13.2 Å². The Morgan fingerprint density at radius 2 is 2.09 bits per heavy atom. The van der Waals surface area contributed by atoms with Crippen molar-refractivity contribution in [2.75, 3.05) is 6.61 Å². The highest BCUT2D eigenvalue weighted by Gasteiger charge is 2.51. The van der Waals surface area contributed by atoms with E-state index in [0.717, 1.165) is 0 Å².